The van der Waals surface area contributed by atoms with Crippen molar-refractivity contribution in [2.75, 3.05) is 0 Å². The number of benzene rings is 1. The molecule has 0 aliphatic carbocycles. The molecule has 0 spiro atoms. The van der Waals surface area contributed by atoms with Gasteiger partial charge < -0.3 is 0 Å². The Hall–Kier alpha value is -2.30. The number of rotatable bonds is 2. The van der Waals surface area contributed by atoms with Crippen LogP contribution in [0, 0.1) is 0 Å². The van der Waals surface area contributed by atoms with Crippen LogP contribution < -0.4 is 0 Å². The normalized spacial score (nSPS) is 9.53. The van der Waals surface area contributed by atoms with Crippen LogP contribution in [0.2, 0.25) is 0 Å². The highest BCUT2D eigenvalue weighted by Crippen LogP contribution is 2.07. The number of carbonyl (C=O) groups is 4. The van der Waals surface area contributed by atoms with Crippen molar-refractivity contribution in [3.63, 3.8) is 0 Å². The van der Waals surface area contributed by atoms with Gasteiger partial charge in [0.15, 0.2) is 0 Å². The van der Waals surface area contributed by atoms with Gasteiger partial charge in [-0.25, -0.2) is 4.90 Å². The third-order valence-electron chi connectivity index (χ3n) is 2.13. The van der Waals surface area contributed by atoms with Crippen molar-refractivity contribution in [1.82, 2.24) is 4.90 Å². The second kappa shape index (κ2) is 5.16. The molecule has 0 aliphatic rings. The molecular weight excluding hydrogens is 222 g/mol. The molecule has 0 radical (unpaired) electrons. The number of hydrogen-bond acceptors (Lipinski definition) is 4. The van der Waals surface area contributed by atoms with E-state index in [2.05, 4.69) is 0 Å². The summed E-state index contributed by atoms with van der Waals surface area (Å²) in [6.07, 6.45) is 0.641. The lowest BCUT2D eigenvalue weighted by molar-refractivity contribution is -0.138. The molecule has 5 nitrogen and oxygen atoms in total. The maximum Gasteiger partial charge on any atom is 0.267 e. The quantitative estimate of drug-likeness (QED) is 0.715. The maximum absolute atomic E-state index is 11.8. The topological polar surface area (TPSA) is 71.5 Å². The van der Waals surface area contributed by atoms with Crippen LogP contribution in [0.4, 0.5) is 0 Å². The summed E-state index contributed by atoms with van der Waals surface area (Å²) in [5, 5.41) is 0. The summed E-state index contributed by atoms with van der Waals surface area (Å²) in [5.41, 5.74) is 0.597. The number of aldehydes is 1. The van der Waals surface area contributed by atoms with E-state index in [-0.39, 0.29) is 5.56 Å². The zero-order valence-electron chi connectivity index (χ0n) is 9.47. The van der Waals surface area contributed by atoms with Gasteiger partial charge in [-0.05, 0) is 12.1 Å². The highest BCUT2D eigenvalue weighted by molar-refractivity contribution is 6.15. The molecule has 0 saturated carbocycles. The number of nitrogens with zero attached hydrogens (tertiary/aromatic N) is 1. The first-order chi connectivity index (χ1) is 7.97. The van der Waals surface area contributed by atoms with Gasteiger partial charge >= 0.3 is 0 Å². The number of imide groups is 3. The molecule has 5 heteroatoms. The molecule has 88 valence electrons. The van der Waals surface area contributed by atoms with Gasteiger partial charge in [0.1, 0.15) is 6.29 Å². The van der Waals surface area contributed by atoms with Crippen molar-refractivity contribution < 1.29 is 19.2 Å². The van der Waals surface area contributed by atoms with E-state index >= 15 is 0 Å². The third-order valence-corrected chi connectivity index (χ3v) is 2.13. The lowest BCUT2D eigenvalue weighted by atomic mass is 10.1. The molecule has 1 aromatic carbocycles. The van der Waals surface area contributed by atoms with Gasteiger partial charge in [0, 0.05) is 25.0 Å². The van der Waals surface area contributed by atoms with E-state index in [0.717, 1.165) is 13.8 Å². The second-order valence-corrected chi connectivity index (χ2v) is 3.42. The van der Waals surface area contributed by atoms with Crippen molar-refractivity contribution in [2.45, 2.75) is 13.8 Å². The van der Waals surface area contributed by atoms with Gasteiger partial charge in [0.2, 0.25) is 11.8 Å². The first kappa shape index (κ1) is 12.8. The summed E-state index contributed by atoms with van der Waals surface area (Å²) in [4.78, 5) is 45.1. The molecule has 0 N–H and O–H groups in total. The lowest BCUT2D eigenvalue weighted by Crippen LogP contribution is -2.38. The van der Waals surface area contributed by atoms with E-state index in [0.29, 0.717) is 16.7 Å². The first-order valence-electron chi connectivity index (χ1n) is 4.88. The Morgan fingerprint density at radius 3 is 1.82 bits per heavy atom. The van der Waals surface area contributed by atoms with E-state index in [9.17, 15) is 19.2 Å². The van der Waals surface area contributed by atoms with Crippen LogP contribution in [0.3, 0.4) is 0 Å². The molecule has 0 aromatic heterocycles. The first-order valence-corrected chi connectivity index (χ1v) is 4.88. The van der Waals surface area contributed by atoms with Gasteiger partial charge in [0.05, 0.1) is 0 Å². The SMILES string of the molecule is CC(=O)N(C(C)=O)C(=O)c1ccc(C=O)cc1. The van der Waals surface area contributed by atoms with Crippen LogP contribution in [-0.4, -0.2) is 28.9 Å². The Bertz CT molecular complexity index is 462. The zero-order valence-corrected chi connectivity index (χ0v) is 9.47. The molecule has 0 aliphatic heterocycles. The number of amides is 3. The molecule has 1 rings (SSSR count). The maximum atomic E-state index is 11.8. The highest BCUT2D eigenvalue weighted by atomic mass is 16.2. The van der Waals surface area contributed by atoms with Crippen molar-refractivity contribution in [2.24, 2.45) is 0 Å². The van der Waals surface area contributed by atoms with Crippen molar-refractivity contribution in [3.8, 4) is 0 Å². The van der Waals surface area contributed by atoms with E-state index in [1.807, 2.05) is 0 Å². The summed E-state index contributed by atoms with van der Waals surface area (Å²) >= 11 is 0. The minimum Gasteiger partial charge on any atom is -0.298 e. The van der Waals surface area contributed by atoms with Crippen LogP contribution in [0.1, 0.15) is 34.6 Å². The fraction of sp³-hybridized carbons (Fsp3) is 0.167. The fourth-order valence-corrected chi connectivity index (χ4v) is 1.34. The third kappa shape index (κ3) is 2.84. The molecule has 0 unspecified atom stereocenters. The molecule has 0 fully saturated rings. The molecule has 3 amide bonds. The lowest BCUT2D eigenvalue weighted by Gasteiger charge is -2.14. The van der Waals surface area contributed by atoms with Gasteiger partial charge in [0.25, 0.3) is 5.91 Å². The summed E-state index contributed by atoms with van der Waals surface area (Å²) in [6, 6.07) is 5.67. The van der Waals surface area contributed by atoms with Crippen LogP contribution in [0.15, 0.2) is 24.3 Å². The zero-order chi connectivity index (χ0) is 13.0. The molecule has 0 atom stereocenters. The monoisotopic (exact) mass is 233 g/mol. The van der Waals surface area contributed by atoms with Crippen LogP contribution in [0.5, 0.6) is 0 Å². The van der Waals surface area contributed by atoms with Gasteiger partial charge in [-0.2, -0.15) is 0 Å². The minimum atomic E-state index is -0.692. The standard InChI is InChI=1S/C12H11NO4/c1-8(15)13(9(2)16)12(17)11-5-3-10(7-14)4-6-11/h3-7H,1-2H3. The molecule has 17 heavy (non-hydrogen) atoms. The Morgan fingerprint density at radius 2 is 1.47 bits per heavy atom. The summed E-state index contributed by atoms with van der Waals surface area (Å²) < 4.78 is 0. The summed E-state index contributed by atoms with van der Waals surface area (Å²) in [6.45, 7) is 2.28. The van der Waals surface area contributed by atoms with Crippen LogP contribution in [0.25, 0.3) is 0 Å². The average molecular weight is 233 g/mol. The molecule has 1 aromatic rings. The summed E-state index contributed by atoms with van der Waals surface area (Å²) in [5.74, 6) is -1.97. The van der Waals surface area contributed by atoms with Crippen LogP contribution in [-0.2, 0) is 9.59 Å². The Morgan fingerprint density at radius 1 is 1.00 bits per heavy atom. The van der Waals surface area contributed by atoms with Gasteiger partial charge in [-0.3, -0.25) is 19.2 Å². The summed E-state index contributed by atoms with van der Waals surface area (Å²) in [7, 11) is 0. The van der Waals surface area contributed by atoms with Gasteiger partial charge in [-0.1, -0.05) is 12.1 Å². The van der Waals surface area contributed by atoms with E-state index < -0.39 is 17.7 Å². The fourth-order valence-electron chi connectivity index (χ4n) is 1.34. The van der Waals surface area contributed by atoms with E-state index in [1.165, 1.54) is 24.3 Å². The average Bonchev–Trinajstić information content (AvgIpc) is 2.28. The largest absolute Gasteiger partial charge is 0.298 e. The Balaban J connectivity index is 3.05. The highest BCUT2D eigenvalue weighted by Gasteiger charge is 2.23. The number of hydrogen-bond donors (Lipinski definition) is 0. The minimum absolute atomic E-state index is 0.181. The van der Waals surface area contributed by atoms with E-state index in [4.69, 9.17) is 0 Å². The Kier molecular flexibility index (Phi) is 3.87. The molecule has 0 saturated heterocycles. The van der Waals surface area contributed by atoms with E-state index in [1.54, 1.807) is 0 Å². The predicted molar refractivity (Wildman–Crippen MR) is 59.4 cm³/mol. The van der Waals surface area contributed by atoms with Crippen molar-refractivity contribution in [3.05, 3.63) is 35.4 Å². The smallest absolute Gasteiger partial charge is 0.267 e. The van der Waals surface area contributed by atoms with Crippen molar-refractivity contribution >= 4 is 24.0 Å². The van der Waals surface area contributed by atoms with Crippen molar-refractivity contribution in [1.29, 1.82) is 0 Å². The Labute approximate surface area is 98.0 Å². The molecule has 0 bridgehead atoms. The molecule has 0 heterocycles. The predicted octanol–water partition coefficient (Wildman–Crippen LogP) is 1.03. The number of carbonyl (C=O) groups excluding carboxylic acids is 4. The van der Waals surface area contributed by atoms with Crippen LogP contribution >= 0.6 is 0 Å². The second-order valence-electron chi connectivity index (χ2n) is 3.42. The molecular formula is C12H11NO4. The van der Waals surface area contributed by atoms with Gasteiger partial charge in [-0.15, -0.1) is 0 Å².